The van der Waals surface area contributed by atoms with Crippen LogP contribution < -0.4 is 0 Å². The minimum Gasteiger partial charge on any atom is -0.206 e. The minimum absolute atomic E-state index is 0.105. The summed E-state index contributed by atoms with van der Waals surface area (Å²) in [5.74, 6) is 1.55. The zero-order valence-electron chi connectivity index (χ0n) is 19.0. The van der Waals surface area contributed by atoms with Crippen molar-refractivity contribution < 1.29 is 4.39 Å². The molecular formula is C30H35F. The summed E-state index contributed by atoms with van der Waals surface area (Å²) < 4.78 is 15.2. The lowest BCUT2D eigenvalue weighted by molar-refractivity contribution is 0.296. The maximum absolute atomic E-state index is 15.2. The highest BCUT2D eigenvalue weighted by Gasteiger charge is 2.19. The third-order valence-electron chi connectivity index (χ3n) is 7.02. The largest absolute Gasteiger partial charge is 0.206 e. The Kier molecular flexibility index (Phi) is 7.22. The van der Waals surface area contributed by atoms with E-state index in [1.54, 1.807) is 0 Å². The van der Waals surface area contributed by atoms with Gasteiger partial charge < -0.3 is 0 Å². The molecule has 0 aliphatic heterocycles. The molecule has 1 heteroatoms. The maximum atomic E-state index is 15.2. The first kappa shape index (κ1) is 21.8. The van der Waals surface area contributed by atoms with Crippen molar-refractivity contribution in [2.45, 2.75) is 65.2 Å². The van der Waals surface area contributed by atoms with E-state index in [4.69, 9.17) is 0 Å². The monoisotopic (exact) mass is 414 g/mol. The van der Waals surface area contributed by atoms with Crippen molar-refractivity contribution in [1.29, 1.82) is 0 Å². The quantitative estimate of drug-likeness (QED) is 0.339. The van der Waals surface area contributed by atoms with Gasteiger partial charge >= 0.3 is 0 Å². The number of aryl methyl sites for hydroxylation is 2. The van der Waals surface area contributed by atoms with Crippen molar-refractivity contribution in [3.8, 4) is 11.1 Å². The predicted octanol–water partition coefficient (Wildman–Crippen LogP) is 8.91. The van der Waals surface area contributed by atoms with Crippen LogP contribution in [0.25, 0.3) is 21.9 Å². The second-order valence-corrected chi connectivity index (χ2v) is 9.27. The van der Waals surface area contributed by atoms with Crippen LogP contribution in [0.1, 0.15) is 63.5 Å². The van der Waals surface area contributed by atoms with Gasteiger partial charge in [-0.3, -0.25) is 0 Å². The van der Waals surface area contributed by atoms with Crippen LogP contribution in [0.2, 0.25) is 0 Å². The van der Waals surface area contributed by atoms with Crippen molar-refractivity contribution in [3.05, 3.63) is 83.7 Å². The van der Waals surface area contributed by atoms with E-state index in [1.807, 2.05) is 12.1 Å². The molecule has 0 aromatic heterocycles. The van der Waals surface area contributed by atoms with Crippen molar-refractivity contribution >= 4 is 10.8 Å². The van der Waals surface area contributed by atoms with E-state index in [-0.39, 0.29) is 5.82 Å². The van der Waals surface area contributed by atoms with Gasteiger partial charge in [0, 0.05) is 10.9 Å². The molecule has 0 amide bonds. The van der Waals surface area contributed by atoms with Gasteiger partial charge in [0.25, 0.3) is 0 Å². The van der Waals surface area contributed by atoms with Gasteiger partial charge in [-0.2, -0.15) is 0 Å². The van der Waals surface area contributed by atoms with Gasteiger partial charge in [0.05, 0.1) is 0 Å². The molecule has 3 aromatic carbocycles. The van der Waals surface area contributed by atoms with E-state index in [0.29, 0.717) is 5.56 Å². The van der Waals surface area contributed by atoms with Crippen molar-refractivity contribution in [2.75, 3.05) is 0 Å². The van der Waals surface area contributed by atoms with E-state index >= 15 is 4.39 Å². The number of halogens is 1. The number of fused-ring (bicyclic) bond motifs is 1. The normalized spacial score (nSPS) is 19.3. The fraction of sp³-hybridized carbons (Fsp3) is 0.400. The molecule has 0 saturated heterocycles. The first-order chi connectivity index (χ1) is 15.2. The Morgan fingerprint density at radius 3 is 2.32 bits per heavy atom. The Hall–Kier alpha value is -2.41. The van der Waals surface area contributed by atoms with Gasteiger partial charge in [-0.05, 0) is 85.8 Å². The van der Waals surface area contributed by atoms with Gasteiger partial charge in [0.1, 0.15) is 5.82 Å². The van der Waals surface area contributed by atoms with Gasteiger partial charge in [-0.15, -0.1) is 0 Å². The second kappa shape index (κ2) is 10.3. The fourth-order valence-electron chi connectivity index (χ4n) is 5.17. The number of allylic oxidation sites excluding steroid dienone is 2. The third kappa shape index (κ3) is 5.26. The van der Waals surface area contributed by atoms with Gasteiger partial charge in [-0.1, -0.05) is 80.1 Å². The molecule has 4 rings (SSSR count). The first-order valence-corrected chi connectivity index (χ1v) is 12.1. The molecular weight excluding hydrogens is 379 g/mol. The van der Waals surface area contributed by atoms with Crippen LogP contribution in [0, 0.1) is 17.7 Å². The average Bonchev–Trinajstić information content (AvgIpc) is 2.80. The number of rotatable bonds is 7. The molecule has 0 unspecified atom stereocenters. The van der Waals surface area contributed by atoms with Crippen LogP contribution in [0.3, 0.4) is 0 Å². The molecule has 0 heterocycles. The second-order valence-electron chi connectivity index (χ2n) is 9.27. The lowest BCUT2D eigenvalue weighted by atomic mass is 9.79. The van der Waals surface area contributed by atoms with E-state index in [2.05, 4.69) is 68.5 Å². The Morgan fingerprint density at radius 1 is 0.871 bits per heavy atom. The number of benzene rings is 3. The summed E-state index contributed by atoms with van der Waals surface area (Å²) in [5, 5.41) is 1.71. The van der Waals surface area contributed by atoms with Crippen LogP contribution >= 0.6 is 0 Å². The molecule has 0 N–H and O–H groups in total. The summed E-state index contributed by atoms with van der Waals surface area (Å²) in [7, 11) is 0. The lowest BCUT2D eigenvalue weighted by Crippen LogP contribution is -2.13. The summed E-state index contributed by atoms with van der Waals surface area (Å²) in [6.07, 6.45) is 14.5. The van der Waals surface area contributed by atoms with Crippen LogP contribution in [-0.4, -0.2) is 0 Å². The van der Waals surface area contributed by atoms with Crippen molar-refractivity contribution in [2.24, 2.45) is 11.8 Å². The van der Waals surface area contributed by atoms with Gasteiger partial charge in [0.2, 0.25) is 0 Å². The topological polar surface area (TPSA) is 0 Å². The first-order valence-electron chi connectivity index (χ1n) is 12.1. The Bertz CT molecular complexity index is 1020. The van der Waals surface area contributed by atoms with Crippen molar-refractivity contribution in [1.82, 2.24) is 0 Å². The maximum Gasteiger partial charge on any atom is 0.138 e. The summed E-state index contributed by atoms with van der Waals surface area (Å²) in [4.78, 5) is 0. The summed E-state index contributed by atoms with van der Waals surface area (Å²) in [6.45, 7) is 4.30. The zero-order chi connectivity index (χ0) is 21.6. The summed E-state index contributed by atoms with van der Waals surface area (Å²) in [5.41, 5.74) is 4.31. The van der Waals surface area contributed by atoms with Crippen LogP contribution in [-0.2, 0) is 12.8 Å². The Morgan fingerprint density at radius 2 is 1.61 bits per heavy atom. The number of hydrogen-bond donors (Lipinski definition) is 0. The molecule has 0 radical (unpaired) electrons. The SMILES string of the molecule is C/C=C/C1CCC(CCc2ccc(-c3ccc4cc(CCC)ccc4c3F)cc2)CC1. The molecule has 0 spiro atoms. The third-order valence-corrected chi connectivity index (χ3v) is 7.02. The van der Waals surface area contributed by atoms with Crippen molar-refractivity contribution in [3.63, 3.8) is 0 Å². The molecule has 31 heavy (non-hydrogen) atoms. The molecule has 1 fully saturated rings. The highest BCUT2D eigenvalue weighted by atomic mass is 19.1. The number of hydrogen-bond acceptors (Lipinski definition) is 0. The summed E-state index contributed by atoms with van der Waals surface area (Å²) >= 11 is 0. The molecule has 0 nitrogen and oxygen atoms in total. The fourth-order valence-corrected chi connectivity index (χ4v) is 5.17. The lowest BCUT2D eigenvalue weighted by Gasteiger charge is -2.26. The van der Waals surface area contributed by atoms with E-state index in [0.717, 1.165) is 47.4 Å². The van der Waals surface area contributed by atoms with Crippen LogP contribution in [0.15, 0.2) is 66.7 Å². The highest BCUT2D eigenvalue weighted by molar-refractivity contribution is 5.88. The molecule has 0 bridgehead atoms. The predicted molar refractivity (Wildman–Crippen MR) is 132 cm³/mol. The Balaban J connectivity index is 1.41. The average molecular weight is 415 g/mol. The van der Waals surface area contributed by atoms with Gasteiger partial charge in [0.15, 0.2) is 0 Å². The van der Waals surface area contributed by atoms with E-state index in [1.165, 1.54) is 43.2 Å². The van der Waals surface area contributed by atoms with Crippen LogP contribution in [0.5, 0.6) is 0 Å². The molecule has 1 aliphatic rings. The minimum atomic E-state index is -0.105. The van der Waals surface area contributed by atoms with E-state index < -0.39 is 0 Å². The molecule has 3 aromatic rings. The highest BCUT2D eigenvalue weighted by Crippen LogP contribution is 2.33. The van der Waals surface area contributed by atoms with Crippen LogP contribution in [0.4, 0.5) is 4.39 Å². The van der Waals surface area contributed by atoms with Gasteiger partial charge in [-0.25, -0.2) is 4.39 Å². The smallest absolute Gasteiger partial charge is 0.138 e. The molecule has 1 aliphatic carbocycles. The summed E-state index contributed by atoms with van der Waals surface area (Å²) in [6, 6.07) is 18.7. The zero-order valence-corrected chi connectivity index (χ0v) is 19.0. The molecule has 0 atom stereocenters. The standard InChI is InChI=1S/C30H35F/c1-3-5-22-7-9-23(10-8-22)11-12-24-13-16-26(17-14-24)28-20-18-27-21-25(6-4-2)15-19-29(27)30(28)31/h3,5,13-23H,4,6-12H2,1-2H3/b5-3+. The molecule has 162 valence electrons. The Labute approximate surface area is 187 Å². The molecule has 1 saturated carbocycles. The van der Waals surface area contributed by atoms with E-state index in [9.17, 15) is 0 Å².